The average Bonchev–Trinajstić information content (AvgIpc) is 2.81. The molecular formula is C15H21NO2S. The Morgan fingerprint density at radius 2 is 2.21 bits per heavy atom. The topological polar surface area (TPSA) is 52.3 Å². The zero-order chi connectivity index (χ0) is 13.7. The van der Waals surface area contributed by atoms with Crippen LogP contribution in [0.1, 0.15) is 31.7 Å². The number of esters is 1. The number of benzene rings is 1. The van der Waals surface area contributed by atoms with Crippen LogP contribution in [0, 0.1) is 0 Å². The second kappa shape index (κ2) is 6.44. The van der Waals surface area contributed by atoms with Gasteiger partial charge in [-0.2, -0.15) is 11.8 Å². The van der Waals surface area contributed by atoms with Gasteiger partial charge < -0.3 is 10.5 Å². The first-order chi connectivity index (χ1) is 9.14. The maximum Gasteiger partial charge on any atom is 0.326 e. The Hall–Kier alpha value is -1.00. The van der Waals surface area contributed by atoms with Gasteiger partial charge in [-0.1, -0.05) is 30.3 Å². The van der Waals surface area contributed by atoms with Crippen LogP contribution in [0.25, 0.3) is 0 Å². The summed E-state index contributed by atoms with van der Waals surface area (Å²) in [6, 6.07) is 10.4. The molecule has 0 aromatic heterocycles. The number of hydrogen-bond donors (Lipinski definition) is 1. The number of rotatable bonds is 5. The van der Waals surface area contributed by atoms with Crippen molar-refractivity contribution in [3.05, 3.63) is 35.9 Å². The van der Waals surface area contributed by atoms with Gasteiger partial charge in [0.25, 0.3) is 0 Å². The average molecular weight is 279 g/mol. The van der Waals surface area contributed by atoms with Crippen LogP contribution in [0.3, 0.4) is 0 Å². The lowest BCUT2D eigenvalue weighted by molar-refractivity contribution is -0.149. The highest BCUT2D eigenvalue weighted by Gasteiger charge is 2.43. The van der Waals surface area contributed by atoms with Crippen LogP contribution in [0.15, 0.2) is 30.3 Å². The van der Waals surface area contributed by atoms with Crippen molar-refractivity contribution < 1.29 is 9.53 Å². The summed E-state index contributed by atoms with van der Waals surface area (Å²) in [5.74, 6) is 0.738. The number of nitrogens with two attached hydrogens (primary N) is 1. The van der Waals surface area contributed by atoms with Crippen LogP contribution in [0.2, 0.25) is 0 Å². The molecule has 0 spiro atoms. The van der Waals surface area contributed by atoms with E-state index >= 15 is 0 Å². The summed E-state index contributed by atoms with van der Waals surface area (Å²) in [7, 11) is 0. The van der Waals surface area contributed by atoms with Crippen molar-refractivity contribution in [1.29, 1.82) is 0 Å². The smallest absolute Gasteiger partial charge is 0.326 e. The molecule has 0 heterocycles. The minimum absolute atomic E-state index is 0.238. The van der Waals surface area contributed by atoms with Gasteiger partial charge in [-0.05, 0) is 31.7 Å². The predicted octanol–water partition coefficient (Wildman–Crippen LogP) is 2.73. The molecule has 0 bridgehead atoms. The van der Waals surface area contributed by atoms with Gasteiger partial charge in [0.2, 0.25) is 0 Å². The molecule has 0 amide bonds. The van der Waals surface area contributed by atoms with Crippen molar-refractivity contribution in [2.75, 3.05) is 6.61 Å². The molecule has 0 aliphatic heterocycles. The van der Waals surface area contributed by atoms with E-state index in [1.807, 2.05) is 24.8 Å². The van der Waals surface area contributed by atoms with Crippen molar-refractivity contribution >= 4 is 17.7 Å². The maximum absolute atomic E-state index is 11.8. The summed E-state index contributed by atoms with van der Waals surface area (Å²) in [5, 5.41) is 0.453. The molecule has 2 unspecified atom stereocenters. The predicted molar refractivity (Wildman–Crippen MR) is 78.9 cm³/mol. The summed E-state index contributed by atoms with van der Waals surface area (Å²) < 4.78 is 5.07. The van der Waals surface area contributed by atoms with Gasteiger partial charge in [0.1, 0.15) is 5.54 Å². The number of ether oxygens (including phenoxy) is 1. The van der Waals surface area contributed by atoms with E-state index in [2.05, 4.69) is 24.3 Å². The SMILES string of the molecule is CCOC(=O)C1(N)CCC(SCc2ccccc2)C1. The molecule has 104 valence electrons. The van der Waals surface area contributed by atoms with Gasteiger partial charge >= 0.3 is 5.97 Å². The van der Waals surface area contributed by atoms with Crippen molar-refractivity contribution in [3.63, 3.8) is 0 Å². The number of carbonyl (C=O) groups excluding carboxylic acids is 1. The molecule has 1 aromatic carbocycles. The van der Waals surface area contributed by atoms with E-state index in [-0.39, 0.29) is 5.97 Å². The molecule has 1 aliphatic carbocycles. The van der Waals surface area contributed by atoms with E-state index in [1.165, 1.54) is 5.56 Å². The summed E-state index contributed by atoms with van der Waals surface area (Å²) in [6.45, 7) is 2.22. The fourth-order valence-electron chi connectivity index (χ4n) is 2.42. The third kappa shape index (κ3) is 3.74. The minimum Gasteiger partial charge on any atom is -0.465 e. The van der Waals surface area contributed by atoms with E-state index in [4.69, 9.17) is 10.5 Å². The van der Waals surface area contributed by atoms with E-state index in [0.29, 0.717) is 11.9 Å². The Labute approximate surface area is 118 Å². The van der Waals surface area contributed by atoms with Gasteiger partial charge in [0, 0.05) is 11.0 Å². The van der Waals surface area contributed by atoms with Gasteiger partial charge in [0.05, 0.1) is 6.61 Å². The van der Waals surface area contributed by atoms with Crippen molar-refractivity contribution in [2.45, 2.75) is 42.7 Å². The lowest BCUT2D eigenvalue weighted by Crippen LogP contribution is -2.47. The molecule has 2 atom stereocenters. The van der Waals surface area contributed by atoms with E-state index in [9.17, 15) is 4.79 Å². The molecule has 19 heavy (non-hydrogen) atoms. The molecule has 4 heteroatoms. The fraction of sp³-hybridized carbons (Fsp3) is 0.533. The number of carbonyl (C=O) groups is 1. The first kappa shape index (κ1) is 14.4. The highest BCUT2D eigenvalue weighted by atomic mass is 32.2. The number of hydrogen-bond acceptors (Lipinski definition) is 4. The molecular weight excluding hydrogens is 258 g/mol. The quantitative estimate of drug-likeness (QED) is 0.842. The zero-order valence-corrected chi connectivity index (χ0v) is 12.1. The Morgan fingerprint density at radius 3 is 2.89 bits per heavy atom. The van der Waals surface area contributed by atoms with E-state index in [0.717, 1.165) is 25.0 Å². The molecule has 0 saturated heterocycles. The van der Waals surface area contributed by atoms with Gasteiger partial charge in [-0.15, -0.1) is 0 Å². The van der Waals surface area contributed by atoms with Gasteiger partial charge in [-0.3, -0.25) is 4.79 Å². The van der Waals surface area contributed by atoms with Crippen LogP contribution in [0.4, 0.5) is 0 Å². The van der Waals surface area contributed by atoms with Crippen LogP contribution in [0.5, 0.6) is 0 Å². The molecule has 2 rings (SSSR count). The molecule has 0 radical (unpaired) electrons. The molecule has 1 fully saturated rings. The molecule has 3 nitrogen and oxygen atoms in total. The lowest BCUT2D eigenvalue weighted by atomic mass is 10.00. The summed E-state index contributed by atoms with van der Waals surface area (Å²) in [5.41, 5.74) is 6.72. The molecule has 1 aliphatic rings. The first-order valence-corrected chi connectivity index (χ1v) is 7.80. The molecule has 1 aromatic rings. The summed E-state index contributed by atoms with van der Waals surface area (Å²) in [4.78, 5) is 11.8. The highest BCUT2D eigenvalue weighted by molar-refractivity contribution is 7.99. The van der Waals surface area contributed by atoms with Crippen LogP contribution in [-0.2, 0) is 15.3 Å². The second-order valence-corrected chi connectivity index (χ2v) is 6.33. The van der Waals surface area contributed by atoms with Crippen LogP contribution < -0.4 is 5.73 Å². The van der Waals surface area contributed by atoms with Crippen molar-refractivity contribution in [1.82, 2.24) is 0 Å². The Balaban J connectivity index is 1.83. The highest BCUT2D eigenvalue weighted by Crippen LogP contribution is 2.37. The zero-order valence-electron chi connectivity index (χ0n) is 11.3. The monoisotopic (exact) mass is 279 g/mol. The molecule has 2 N–H and O–H groups in total. The lowest BCUT2D eigenvalue weighted by Gasteiger charge is -2.21. The Kier molecular flexibility index (Phi) is 4.88. The van der Waals surface area contributed by atoms with Gasteiger partial charge in [-0.25, -0.2) is 0 Å². The van der Waals surface area contributed by atoms with Gasteiger partial charge in [0.15, 0.2) is 0 Å². The van der Waals surface area contributed by atoms with E-state index < -0.39 is 5.54 Å². The standard InChI is InChI=1S/C15H21NO2S/c1-2-18-14(17)15(16)9-8-13(10-15)19-11-12-6-4-3-5-7-12/h3-7,13H,2,8-11,16H2,1H3. The Morgan fingerprint density at radius 1 is 1.47 bits per heavy atom. The van der Waals surface area contributed by atoms with E-state index in [1.54, 1.807) is 0 Å². The van der Waals surface area contributed by atoms with Crippen LogP contribution >= 0.6 is 11.8 Å². The fourth-order valence-corrected chi connectivity index (χ4v) is 3.74. The van der Waals surface area contributed by atoms with Crippen LogP contribution in [-0.4, -0.2) is 23.4 Å². The summed E-state index contributed by atoms with van der Waals surface area (Å²) in [6.07, 6.45) is 2.45. The first-order valence-electron chi connectivity index (χ1n) is 6.75. The largest absolute Gasteiger partial charge is 0.465 e. The Bertz CT molecular complexity index is 423. The summed E-state index contributed by atoms with van der Waals surface area (Å²) >= 11 is 1.89. The number of thioether (sulfide) groups is 1. The van der Waals surface area contributed by atoms with Crippen molar-refractivity contribution in [2.24, 2.45) is 5.73 Å². The third-order valence-electron chi connectivity index (χ3n) is 3.51. The second-order valence-electron chi connectivity index (χ2n) is 5.04. The normalized spacial score (nSPS) is 26.3. The maximum atomic E-state index is 11.8. The van der Waals surface area contributed by atoms with Crippen molar-refractivity contribution in [3.8, 4) is 0 Å². The minimum atomic E-state index is -0.760. The third-order valence-corrected chi connectivity index (χ3v) is 4.89. The molecule has 1 saturated carbocycles.